The van der Waals surface area contributed by atoms with E-state index in [0.717, 1.165) is 13.0 Å². The van der Waals surface area contributed by atoms with E-state index in [2.05, 4.69) is 23.3 Å². The maximum atomic E-state index is 6.07. The summed E-state index contributed by atoms with van der Waals surface area (Å²) >= 11 is 0. The first kappa shape index (κ1) is 12.4. The molecule has 0 spiro atoms. The van der Waals surface area contributed by atoms with Crippen LogP contribution in [-0.2, 0) is 5.54 Å². The summed E-state index contributed by atoms with van der Waals surface area (Å²) in [6, 6.07) is 4.13. The van der Waals surface area contributed by atoms with Crippen molar-refractivity contribution in [3.8, 4) is 0 Å². The molecular formula is C14H23N3. The van der Waals surface area contributed by atoms with Crippen molar-refractivity contribution in [1.82, 2.24) is 10.3 Å². The number of rotatable bonds is 3. The Morgan fingerprint density at radius 3 is 3.06 bits per heavy atom. The van der Waals surface area contributed by atoms with Crippen molar-refractivity contribution in [2.75, 3.05) is 12.3 Å². The molecule has 3 N–H and O–H groups in total. The fraction of sp³-hybridized carbons (Fsp3) is 0.643. The normalized spacial score (nSPS) is 25.5. The lowest BCUT2D eigenvalue weighted by molar-refractivity contribution is 0.298. The Bertz CT molecular complexity index is 354. The third-order valence-corrected chi connectivity index (χ3v) is 3.77. The van der Waals surface area contributed by atoms with Crippen molar-refractivity contribution in [1.29, 1.82) is 0 Å². The summed E-state index contributed by atoms with van der Waals surface area (Å²) in [5.41, 5.74) is 7.32. The Balaban J connectivity index is 2.35. The van der Waals surface area contributed by atoms with Gasteiger partial charge in [-0.25, -0.2) is 4.98 Å². The zero-order valence-corrected chi connectivity index (χ0v) is 10.7. The number of nitrogens with zero attached hydrogens (tertiary/aromatic N) is 1. The van der Waals surface area contributed by atoms with Crippen molar-refractivity contribution < 1.29 is 0 Å². The van der Waals surface area contributed by atoms with Crippen molar-refractivity contribution >= 4 is 5.82 Å². The molecule has 0 bridgehead atoms. The van der Waals surface area contributed by atoms with E-state index in [-0.39, 0.29) is 5.54 Å². The number of aromatic nitrogens is 1. The van der Waals surface area contributed by atoms with Gasteiger partial charge in [-0.2, -0.15) is 0 Å². The van der Waals surface area contributed by atoms with E-state index in [9.17, 15) is 0 Å². The van der Waals surface area contributed by atoms with E-state index in [4.69, 9.17) is 5.73 Å². The predicted molar refractivity (Wildman–Crippen MR) is 71.7 cm³/mol. The molecule has 0 aliphatic carbocycles. The van der Waals surface area contributed by atoms with Gasteiger partial charge >= 0.3 is 0 Å². The lowest BCUT2D eigenvalue weighted by atomic mass is 9.82. The molecule has 0 radical (unpaired) electrons. The summed E-state index contributed by atoms with van der Waals surface area (Å²) in [4.78, 5) is 4.25. The number of nitrogens with two attached hydrogens (primary N) is 1. The Hall–Kier alpha value is -1.09. The fourth-order valence-electron chi connectivity index (χ4n) is 2.97. The number of anilines is 1. The van der Waals surface area contributed by atoms with Crippen LogP contribution in [0.15, 0.2) is 18.3 Å². The Morgan fingerprint density at radius 2 is 2.29 bits per heavy atom. The molecule has 1 aliphatic heterocycles. The van der Waals surface area contributed by atoms with Crippen LogP contribution in [0, 0.1) is 0 Å². The van der Waals surface area contributed by atoms with E-state index in [1.165, 1.54) is 37.7 Å². The van der Waals surface area contributed by atoms with Crippen LogP contribution in [0.3, 0.4) is 0 Å². The highest BCUT2D eigenvalue weighted by Gasteiger charge is 2.33. The third-order valence-electron chi connectivity index (χ3n) is 3.77. The van der Waals surface area contributed by atoms with E-state index in [1.54, 1.807) is 6.20 Å². The first-order valence-corrected chi connectivity index (χ1v) is 6.74. The number of nitrogens with one attached hydrogen (secondary N) is 1. The van der Waals surface area contributed by atoms with Crippen LogP contribution in [-0.4, -0.2) is 11.5 Å². The molecule has 3 nitrogen and oxygen atoms in total. The first-order chi connectivity index (χ1) is 8.28. The molecular weight excluding hydrogens is 210 g/mol. The van der Waals surface area contributed by atoms with Crippen LogP contribution in [0.2, 0.25) is 0 Å². The van der Waals surface area contributed by atoms with Gasteiger partial charge in [0.05, 0.1) is 0 Å². The quantitative estimate of drug-likeness (QED) is 0.844. The van der Waals surface area contributed by atoms with Gasteiger partial charge in [-0.1, -0.05) is 32.3 Å². The van der Waals surface area contributed by atoms with Gasteiger partial charge < -0.3 is 11.1 Å². The Morgan fingerprint density at radius 1 is 1.41 bits per heavy atom. The van der Waals surface area contributed by atoms with Crippen molar-refractivity contribution in [2.24, 2.45) is 0 Å². The van der Waals surface area contributed by atoms with Gasteiger partial charge in [-0.3, -0.25) is 0 Å². The molecule has 3 heteroatoms. The molecule has 2 heterocycles. The monoisotopic (exact) mass is 233 g/mol. The third kappa shape index (κ3) is 2.60. The van der Waals surface area contributed by atoms with Crippen LogP contribution >= 0.6 is 0 Å². The van der Waals surface area contributed by atoms with E-state index < -0.39 is 0 Å². The second-order valence-electron chi connectivity index (χ2n) is 5.01. The number of nitrogen functional groups attached to an aromatic ring is 1. The fourth-order valence-corrected chi connectivity index (χ4v) is 2.97. The molecule has 0 amide bonds. The molecule has 94 valence electrons. The van der Waals surface area contributed by atoms with E-state index in [0.29, 0.717) is 5.82 Å². The zero-order valence-electron chi connectivity index (χ0n) is 10.7. The molecule has 2 rings (SSSR count). The summed E-state index contributed by atoms with van der Waals surface area (Å²) in [7, 11) is 0. The van der Waals surface area contributed by atoms with E-state index in [1.807, 2.05) is 6.07 Å². The van der Waals surface area contributed by atoms with Crippen LogP contribution in [0.1, 0.15) is 51.0 Å². The highest BCUT2D eigenvalue weighted by molar-refractivity contribution is 5.44. The summed E-state index contributed by atoms with van der Waals surface area (Å²) in [5.74, 6) is 0.690. The van der Waals surface area contributed by atoms with Gasteiger partial charge in [-0.15, -0.1) is 0 Å². The van der Waals surface area contributed by atoms with Crippen molar-refractivity contribution in [2.45, 2.75) is 51.0 Å². The number of hydrogen-bond donors (Lipinski definition) is 2. The minimum absolute atomic E-state index is 0.0591. The topological polar surface area (TPSA) is 50.9 Å². The molecule has 0 saturated carbocycles. The maximum Gasteiger partial charge on any atom is 0.128 e. The van der Waals surface area contributed by atoms with Crippen LogP contribution in [0.5, 0.6) is 0 Å². The molecule has 1 aromatic rings. The van der Waals surface area contributed by atoms with Gasteiger partial charge in [0, 0.05) is 17.3 Å². The largest absolute Gasteiger partial charge is 0.383 e. The summed E-state index contributed by atoms with van der Waals surface area (Å²) in [6.45, 7) is 3.33. The number of hydrogen-bond acceptors (Lipinski definition) is 3. The molecule has 1 atom stereocenters. The lowest BCUT2D eigenvalue weighted by Crippen LogP contribution is -2.42. The highest BCUT2D eigenvalue weighted by Crippen LogP contribution is 2.36. The second kappa shape index (κ2) is 5.50. The molecule has 1 unspecified atom stereocenters. The van der Waals surface area contributed by atoms with E-state index >= 15 is 0 Å². The molecule has 1 fully saturated rings. The Labute approximate surface area is 104 Å². The van der Waals surface area contributed by atoms with Gasteiger partial charge in [-0.05, 0) is 31.9 Å². The van der Waals surface area contributed by atoms with Gasteiger partial charge in [0.25, 0.3) is 0 Å². The van der Waals surface area contributed by atoms with Crippen molar-refractivity contribution in [3.63, 3.8) is 0 Å². The van der Waals surface area contributed by atoms with Crippen LogP contribution in [0.4, 0.5) is 5.82 Å². The summed E-state index contributed by atoms with van der Waals surface area (Å²) in [5, 5.41) is 3.73. The van der Waals surface area contributed by atoms with Crippen LogP contribution < -0.4 is 11.1 Å². The minimum Gasteiger partial charge on any atom is -0.383 e. The Kier molecular flexibility index (Phi) is 4.00. The standard InChI is InChI=1S/C14H23N3/c1-2-8-14(9-4-3-5-11-17-14)12-7-6-10-16-13(12)15/h6-7,10,17H,2-5,8-9,11H2,1H3,(H2,15,16). The van der Waals surface area contributed by atoms with Crippen molar-refractivity contribution in [3.05, 3.63) is 23.9 Å². The molecule has 1 aromatic heterocycles. The zero-order chi connectivity index (χ0) is 12.1. The smallest absolute Gasteiger partial charge is 0.128 e. The molecule has 1 saturated heterocycles. The average Bonchev–Trinajstić information content (AvgIpc) is 2.57. The molecule has 0 aromatic carbocycles. The lowest BCUT2D eigenvalue weighted by Gasteiger charge is -2.35. The highest BCUT2D eigenvalue weighted by atomic mass is 15.0. The molecule has 1 aliphatic rings. The average molecular weight is 233 g/mol. The van der Waals surface area contributed by atoms with Gasteiger partial charge in [0.15, 0.2) is 0 Å². The van der Waals surface area contributed by atoms with Gasteiger partial charge in [0.2, 0.25) is 0 Å². The summed E-state index contributed by atoms with van der Waals surface area (Å²) < 4.78 is 0. The molecule has 17 heavy (non-hydrogen) atoms. The van der Waals surface area contributed by atoms with Crippen LogP contribution in [0.25, 0.3) is 0 Å². The predicted octanol–water partition coefficient (Wildman–Crippen LogP) is 2.82. The summed E-state index contributed by atoms with van der Waals surface area (Å²) in [6.07, 6.45) is 9.13. The first-order valence-electron chi connectivity index (χ1n) is 6.74. The SMILES string of the molecule is CCCC1(c2cccnc2N)CCCCCN1. The maximum absolute atomic E-state index is 6.07. The number of pyridine rings is 1. The second-order valence-corrected chi connectivity index (χ2v) is 5.01. The van der Waals surface area contributed by atoms with Gasteiger partial charge in [0.1, 0.15) is 5.82 Å². The minimum atomic E-state index is 0.0591.